The lowest BCUT2D eigenvalue weighted by Gasteiger charge is -2.25. The monoisotopic (exact) mass is 270 g/mol. The molecular formula is C17H18OS. The summed E-state index contributed by atoms with van der Waals surface area (Å²) in [5.74, 6) is 0. The molecule has 1 nitrogen and oxygen atoms in total. The van der Waals surface area contributed by atoms with Gasteiger partial charge in [0.1, 0.15) is 0 Å². The van der Waals surface area contributed by atoms with Gasteiger partial charge in [-0.25, -0.2) is 0 Å². The molecule has 1 unspecified atom stereocenters. The first-order chi connectivity index (χ1) is 9.26. The van der Waals surface area contributed by atoms with E-state index in [9.17, 15) is 4.55 Å². The van der Waals surface area contributed by atoms with Gasteiger partial charge in [0.05, 0.1) is 0 Å². The molecule has 98 valence electrons. The second-order valence-corrected chi connectivity index (χ2v) is 6.34. The van der Waals surface area contributed by atoms with E-state index >= 15 is 0 Å². The van der Waals surface area contributed by atoms with Crippen molar-refractivity contribution >= 4 is 11.2 Å². The highest BCUT2D eigenvalue weighted by atomic mass is 32.2. The maximum Gasteiger partial charge on any atom is 0.165 e. The Hall–Kier alpha value is -1.25. The Morgan fingerprint density at radius 3 is 2.53 bits per heavy atom. The lowest BCUT2D eigenvalue weighted by Crippen LogP contribution is -2.17. The molecule has 3 rings (SSSR count). The topological polar surface area (TPSA) is 23.1 Å². The second-order valence-electron chi connectivity index (χ2n) is 4.95. The van der Waals surface area contributed by atoms with Crippen LogP contribution in [0.25, 0.3) is 0 Å². The van der Waals surface area contributed by atoms with Crippen LogP contribution >= 0.6 is 0 Å². The predicted octanol–water partition coefficient (Wildman–Crippen LogP) is 3.88. The first-order valence-electron chi connectivity index (χ1n) is 6.89. The Morgan fingerprint density at radius 2 is 1.79 bits per heavy atom. The van der Waals surface area contributed by atoms with Crippen LogP contribution in [0.2, 0.25) is 0 Å². The van der Waals surface area contributed by atoms with Crippen LogP contribution in [0, 0.1) is 0 Å². The molecule has 0 amide bonds. The molecule has 1 aliphatic rings. The molecule has 2 aromatic carbocycles. The second kappa shape index (κ2) is 5.03. The summed E-state index contributed by atoms with van der Waals surface area (Å²) in [6.45, 7) is 4.33. The molecule has 0 saturated heterocycles. The minimum Gasteiger partial charge on any atom is -0.606 e. The van der Waals surface area contributed by atoms with Crippen LogP contribution in [0.1, 0.15) is 36.1 Å². The molecule has 19 heavy (non-hydrogen) atoms. The van der Waals surface area contributed by atoms with Gasteiger partial charge in [-0.3, -0.25) is 0 Å². The lowest BCUT2D eigenvalue weighted by atomic mass is 9.96. The Morgan fingerprint density at radius 1 is 1.00 bits per heavy atom. The molecule has 0 N–H and O–H groups in total. The van der Waals surface area contributed by atoms with E-state index in [2.05, 4.69) is 32.0 Å². The summed E-state index contributed by atoms with van der Waals surface area (Å²) < 4.78 is 12.9. The average Bonchev–Trinajstić information content (AvgIpc) is 2.46. The highest BCUT2D eigenvalue weighted by molar-refractivity contribution is 7.91. The van der Waals surface area contributed by atoms with E-state index in [0.29, 0.717) is 0 Å². The Bertz CT molecular complexity index is 619. The molecule has 0 spiro atoms. The van der Waals surface area contributed by atoms with Crippen molar-refractivity contribution in [3.05, 3.63) is 58.7 Å². The first kappa shape index (κ1) is 12.8. The summed E-state index contributed by atoms with van der Waals surface area (Å²) in [7, 11) is 0. The van der Waals surface area contributed by atoms with Gasteiger partial charge in [0.2, 0.25) is 0 Å². The van der Waals surface area contributed by atoms with Crippen molar-refractivity contribution in [1.82, 2.24) is 0 Å². The van der Waals surface area contributed by atoms with E-state index in [4.69, 9.17) is 0 Å². The van der Waals surface area contributed by atoms with Crippen LogP contribution in [0.15, 0.2) is 46.2 Å². The molecule has 0 saturated carbocycles. The SMILES string of the molecule is CCc1ccc2c(c1CC)[S+]([O-])c1ccccc1C2. The van der Waals surface area contributed by atoms with Gasteiger partial charge in [-0.15, -0.1) is 0 Å². The molecule has 0 fully saturated rings. The maximum absolute atomic E-state index is 12.9. The summed E-state index contributed by atoms with van der Waals surface area (Å²) in [5.41, 5.74) is 5.09. The van der Waals surface area contributed by atoms with Crippen LogP contribution in [0.4, 0.5) is 0 Å². The fourth-order valence-corrected chi connectivity index (χ4v) is 4.63. The number of benzene rings is 2. The van der Waals surface area contributed by atoms with Crippen molar-refractivity contribution < 1.29 is 4.55 Å². The van der Waals surface area contributed by atoms with Crippen molar-refractivity contribution in [2.45, 2.75) is 42.9 Å². The molecular weight excluding hydrogens is 252 g/mol. The smallest absolute Gasteiger partial charge is 0.165 e. The third-order valence-electron chi connectivity index (χ3n) is 3.91. The van der Waals surface area contributed by atoms with Crippen LogP contribution in [-0.4, -0.2) is 4.55 Å². The molecule has 2 aromatic rings. The summed E-state index contributed by atoms with van der Waals surface area (Å²) in [5, 5.41) is 0. The maximum atomic E-state index is 12.9. The van der Waals surface area contributed by atoms with Gasteiger partial charge in [-0.1, -0.05) is 44.2 Å². The van der Waals surface area contributed by atoms with Gasteiger partial charge < -0.3 is 4.55 Å². The van der Waals surface area contributed by atoms with Gasteiger partial charge >= 0.3 is 0 Å². The van der Waals surface area contributed by atoms with Gasteiger partial charge in [0.15, 0.2) is 9.79 Å². The van der Waals surface area contributed by atoms with Gasteiger partial charge in [-0.2, -0.15) is 0 Å². The largest absolute Gasteiger partial charge is 0.606 e. The molecule has 1 heterocycles. The van der Waals surface area contributed by atoms with Crippen LogP contribution in [-0.2, 0) is 30.4 Å². The van der Waals surface area contributed by atoms with E-state index in [0.717, 1.165) is 29.1 Å². The number of aryl methyl sites for hydroxylation is 1. The average molecular weight is 270 g/mol. The van der Waals surface area contributed by atoms with E-state index in [1.165, 1.54) is 22.3 Å². The van der Waals surface area contributed by atoms with Crippen LogP contribution in [0.3, 0.4) is 0 Å². The summed E-state index contributed by atoms with van der Waals surface area (Å²) in [6, 6.07) is 12.5. The predicted molar refractivity (Wildman–Crippen MR) is 79.1 cm³/mol. The molecule has 0 aliphatic carbocycles. The van der Waals surface area contributed by atoms with Gasteiger partial charge in [0, 0.05) is 34.3 Å². The van der Waals surface area contributed by atoms with Crippen molar-refractivity contribution in [1.29, 1.82) is 0 Å². The zero-order valence-electron chi connectivity index (χ0n) is 11.4. The third-order valence-corrected chi connectivity index (χ3v) is 5.59. The molecule has 2 heteroatoms. The third kappa shape index (κ3) is 1.99. The summed E-state index contributed by atoms with van der Waals surface area (Å²) in [6.07, 6.45) is 2.88. The Balaban J connectivity index is 2.21. The van der Waals surface area contributed by atoms with Crippen molar-refractivity contribution in [2.75, 3.05) is 0 Å². The standard InChI is InChI=1S/C17H18OS/c1-3-12-9-10-14-11-13-7-5-6-8-16(13)19(18)17(14)15(12)4-2/h5-10H,3-4,11H2,1-2H3. The molecule has 0 bridgehead atoms. The highest BCUT2D eigenvalue weighted by Gasteiger charge is 2.31. The number of rotatable bonds is 2. The van der Waals surface area contributed by atoms with E-state index in [1.807, 2.05) is 18.2 Å². The fourth-order valence-electron chi connectivity index (χ4n) is 2.95. The van der Waals surface area contributed by atoms with Gasteiger partial charge in [0.25, 0.3) is 0 Å². The minimum absolute atomic E-state index is 0.911. The van der Waals surface area contributed by atoms with Crippen molar-refractivity contribution in [2.24, 2.45) is 0 Å². The van der Waals surface area contributed by atoms with Crippen molar-refractivity contribution in [3.8, 4) is 0 Å². The summed E-state index contributed by atoms with van der Waals surface area (Å²) >= 11 is -1.01. The molecule has 1 aliphatic heterocycles. The zero-order valence-corrected chi connectivity index (χ0v) is 12.2. The zero-order chi connectivity index (χ0) is 13.4. The number of fused-ring (bicyclic) bond motifs is 2. The van der Waals surface area contributed by atoms with Crippen molar-refractivity contribution in [3.63, 3.8) is 0 Å². The van der Waals surface area contributed by atoms with Crippen LogP contribution in [0.5, 0.6) is 0 Å². The fraction of sp³-hybridized carbons (Fsp3) is 0.294. The lowest BCUT2D eigenvalue weighted by molar-refractivity contribution is 0.589. The minimum atomic E-state index is -1.01. The van der Waals surface area contributed by atoms with E-state index in [1.54, 1.807) is 0 Å². The molecule has 0 aromatic heterocycles. The Kier molecular flexibility index (Phi) is 3.38. The Labute approximate surface area is 117 Å². The van der Waals surface area contributed by atoms with E-state index in [-0.39, 0.29) is 0 Å². The number of hydrogen-bond donors (Lipinski definition) is 0. The quantitative estimate of drug-likeness (QED) is 0.759. The normalized spacial score (nSPS) is 16.9. The summed E-state index contributed by atoms with van der Waals surface area (Å²) in [4.78, 5) is 2.08. The highest BCUT2D eigenvalue weighted by Crippen LogP contribution is 2.37. The van der Waals surface area contributed by atoms with Gasteiger partial charge in [-0.05, 0) is 24.5 Å². The van der Waals surface area contributed by atoms with E-state index < -0.39 is 11.2 Å². The first-order valence-corrected chi connectivity index (χ1v) is 8.04. The molecule has 0 radical (unpaired) electrons. The number of hydrogen-bond acceptors (Lipinski definition) is 1. The molecule has 1 atom stereocenters. The van der Waals surface area contributed by atoms with Crippen LogP contribution < -0.4 is 0 Å².